The second-order valence-electron chi connectivity index (χ2n) is 2.26. The van der Waals surface area contributed by atoms with Crippen LogP contribution in [0, 0.1) is 0 Å². The monoisotopic (exact) mass is 130 g/mol. The fraction of sp³-hybridized carbons (Fsp3) is 0.714. The van der Waals surface area contributed by atoms with Gasteiger partial charge in [0.2, 0.25) is 0 Å². The first kappa shape index (κ1) is 8.66. The zero-order chi connectivity index (χ0) is 7.28. The lowest BCUT2D eigenvalue weighted by Gasteiger charge is -2.08. The van der Waals surface area contributed by atoms with Crippen LogP contribution in [0.15, 0.2) is 12.7 Å². The van der Waals surface area contributed by atoms with Crippen molar-refractivity contribution in [2.24, 2.45) is 0 Å². The van der Waals surface area contributed by atoms with Crippen molar-refractivity contribution in [1.82, 2.24) is 0 Å². The average Bonchev–Trinajstić information content (AvgIpc) is 1.63. The fourth-order valence-electron chi connectivity index (χ4n) is 0.682. The molecule has 0 rings (SSSR count). The molecule has 0 unspecified atom stereocenters. The molecule has 2 N–H and O–H groups in total. The standard InChI is InChI=1S/C7H14O2/c1-3-4-7(9)5-6(2)8/h3,6-9H,1,4-5H2,2H3/t6-,7-/m0/s1. The van der Waals surface area contributed by atoms with Crippen LogP contribution >= 0.6 is 0 Å². The van der Waals surface area contributed by atoms with E-state index in [2.05, 4.69) is 6.58 Å². The molecule has 0 aliphatic heterocycles. The van der Waals surface area contributed by atoms with Crippen LogP contribution in [0.3, 0.4) is 0 Å². The van der Waals surface area contributed by atoms with Crippen molar-refractivity contribution < 1.29 is 10.2 Å². The lowest BCUT2D eigenvalue weighted by atomic mass is 10.1. The molecule has 0 bridgehead atoms. The maximum atomic E-state index is 8.99. The summed E-state index contributed by atoms with van der Waals surface area (Å²) >= 11 is 0. The lowest BCUT2D eigenvalue weighted by molar-refractivity contribution is 0.0925. The summed E-state index contributed by atoms with van der Waals surface area (Å²) in [5.74, 6) is 0. The Balaban J connectivity index is 3.25. The number of aliphatic hydroxyl groups excluding tert-OH is 2. The van der Waals surface area contributed by atoms with Crippen molar-refractivity contribution in [2.75, 3.05) is 0 Å². The van der Waals surface area contributed by atoms with Gasteiger partial charge >= 0.3 is 0 Å². The highest BCUT2D eigenvalue weighted by molar-refractivity contribution is 4.73. The van der Waals surface area contributed by atoms with Crippen LogP contribution < -0.4 is 0 Å². The van der Waals surface area contributed by atoms with Crippen LogP contribution in [0.25, 0.3) is 0 Å². The van der Waals surface area contributed by atoms with E-state index in [1.54, 1.807) is 13.0 Å². The first-order chi connectivity index (χ1) is 4.16. The Kier molecular flexibility index (Phi) is 4.36. The summed E-state index contributed by atoms with van der Waals surface area (Å²) in [4.78, 5) is 0. The average molecular weight is 130 g/mol. The van der Waals surface area contributed by atoms with Gasteiger partial charge in [0.1, 0.15) is 0 Å². The van der Waals surface area contributed by atoms with Gasteiger partial charge in [0.25, 0.3) is 0 Å². The summed E-state index contributed by atoms with van der Waals surface area (Å²) in [7, 11) is 0. The third-order valence-corrected chi connectivity index (χ3v) is 1.05. The zero-order valence-electron chi connectivity index (χ0n) is 5.75. The normalized spacial score (nSPS) is 16.8. The molecule has 0 aromatic carbocycles. The largest absolute Gasteiger partial charge is 0.393 e. The van der Waals surface area contributed by atoms with Crippen LogP contribution in [0.2, 0.25) is 0 Å². The van der Waals surface area contributed by atoms with Gasteiger partial charge < -0.3 is 10.2 Å². The Labute approximate surface area is 55.8 Å². The number of aliphatic hydroxyl groups is 2. The number of hydrogen-bond acceptors (Lipinski definition) is 2. The minimum atomic E-state index is -0.428. The van der Waals surface area contributed by atoms with Crippen molar-refractivity contribution in [3.05, 3.63) is 12.7 Å². The van der Waals surface area contributed by atoms with Gasteiger partial charge in [-0.15, -0.1) is 6.58 Å². The molecular formula is C7H14O2. The molecule has 0 saturated heterocycles. The van der Waals surface area contributed by atoms with Gasteiger partial charge in [0.15, 0.2) is 0 Å². The Morgan fingerprint density at radius 2 is 2.11 bits per heavy atom. The number of rotatable bonds is 4. The van der Waals surface area contributed by atoms with E-state index >= 15 is 0 Å². The Hall–Kier alpha value is -0.340. The Morgan fingerprint density at radius 3 is 2.44 bits per heavy atom. The summed E-state index contributed by atoms with van der Waals surface area (Å²) in [6, 6.07) is 0. The molecule has 0 heterocycles. The second kappa shape index (κ2) is 4.53. The van der Waals surface area contributed by atoms with Gasteiger partial charge in [0.05, 0.1) is 12.2 Å². The molecular weight excluding hydrogens is 116 g/mol. The summed E-state index contributed by atoms with van der Waals surface area (Å²) in [5, 5.41) is 17.7. The van der Waals surface area contributed by atoms with E-state index in [1.165, 1.54) is 0 Å². The zero-order valence-corrected chi connectivity index (χ0v) is 5.75. The smallest absolute Gasteiger partial charge is 0.0599 e. The second-order valence-corrected chi connectivity index (χ2v) is 2.26. The minimum Gasteiger partial charge on any atom is -0.393 e. The van der Waals surface area contributed by atoms with Crippen molar-refractivity contribution in [1.29, 1.82) is 0 Å². The summed E-state index contributed by atoms with van der Waals surface area (Å²) in [6.45, 7) is 5.13. The maximum Gasteiger partial charge on any atom is 0.0599 e. The molecule has 2 nitrogen and oxygen atoms in total. The minimum absolute atomic E-state index is 0.417. The topological polar surface area (TPSA) is 40.5 Å². The molecule has 0 spiro atoms. The van der Waals surface area contributed by atoms with Crippen LogP contribution in [0.4, 0.5) is 0 Å². The van der Waals surface area contributed by atoms with Crippen LogP contribution in [-0.2, 0) is 0 Å². The van der Waals surface area contributed by atoms with Crippen LogP contribution in [0.5, 0.6) is 0 Å². The molecule has 0 saturated carbocycles. The van der Waals surface area contributed by atoms with E-state index in [9.17, 15) is 0 Å². The predicted octanol–water partition coefficient (Wildman–Crippen LogP) is 0.694. The highest BCUT2D eigenvalue weighted by Gasteiger charge is 2.04. The molecule has 0 amide bonds. The first-order valence-electron chi connectivity index (χ1n) is 3.13. The van der Waals surface area contributed by atoms with Crippen LogP contribution in [-0.4, -0.2) is 22.4 Å². The van der Waals surface area contributed by atoms with Gasteiger partial charge in [-0.2, -0.15) is 0 Å². The van der Waals surface area contributed by atoms with E-state index in [0.29, 0.717) is 12.8 Å². The van der Waals surface area contributed by atoms with Gasteiger partial charge in [-0.25, -0.2) is 0 Å². The molecule has 54 valence electrons. The molecule has 9 heavy (non-hydrogen) atoms. The lowest BCUT2D eigenvalue weighted by Crippen LogP contribution is -2.13. The summed E-state index contributed by atoms with van der Waals surface area (Å²) < 4.78 is 0. The molecule has 0 radical (unpaired) electrons. The molecule has 0 aromatic heterocycles. The van der Waals surface area contributed by atoms with Gasteiger partial charge in [0, 0.05) is 0 Å². The van der Waals surface area contributed by atoms with Crippen molar-refractivity contribution >= 4 is 0 Å². The van der Waals surface area contributed by atoms with Crippen molar-refractivity contribution in [3.8, 4) is 0 Å². The third-order valence-electron chi connectivity index (χ3n) is 1.05. The summed E-state index contributed by atoms with van der Waals surface area (Å²) in [5.41, 5.74) is 0. The van der Waals surface area contributed by atoms with E-state index in [0.717, 1.165) is 0 Å². The highest BCUT2D eigenvalue weighted by atomic mass is 16.3. The Morgan fingerprint density at radius 1 is 1.56 bits per heavy atom. The van der Waals surface area contributed by atoms with Gasteiger partial charge in [-0.3, -0.25) is 0 Å². The SMILES string of the molecule is C=CC[C@H](O)C[C@H](C)O. The predicted molar refractivity (Wildman–Crippen MR) is 37.1 cm³/mol. The van der Waals surface area contributed by atoms with E-state index in [-0.39, 0.29) is 0 Å². The third kappa shape index (κ3) is 5.53. The summed E-state index contributed by atoms with van der Waals surface area (Å²) in [6.07, 6.45) is 1.80. The van der Waals surface area contributed by atoms with Gasteiger partial charge in [-0.05, 0) is 19.8 Å². The fourth-order valence-corrected chi connectivity index (χ4v) is 0.682. The molecule has 0 aromatic rings. The van der Waals surface area contributed by atoms with Crippen LogP contribution in [0.1, 0.15) is 19.8 Å². The van der Waals surface area contributed by atoms with Crippen molar-refractivity contribution in [2.45, 2.75) is 32.0 Å². The van der Waals surface area contributed by atoms with E-state index < -0.39 is 12.2 Å². The van der Waals surface area contributed by atoms with E-state index in [4.69, 9.17) is 10.2 Å². The number of hydrogen-bond donors (Lipinski definition) is 2. The molecule has 0 fully saturated rings. The molecule has 2 atom stereocenters. The van der Waals surface area contributed by atoms with E-state index in [1.807, 2.05) is 0 Å². The quantitative estimate of drug-likeness (QED) is 0.550. The Bertz CT molecular complexity index is 79.0. The molecule has 0 aliphatic rings. The highest BCUT2D eigenvalue weighted by Crippen LogP contribution is 2.01. The molecule has 2 heteroatoms. The molecule has 0 aliphatic carbocycles. The van der Waals surface area contributed by atoms with Gasteiger partial charge in [-0.1, -0.05) is 6.08 Å². The van der Waals surface area contributed by atoms with Crippen molar-refractivity contribution in [3.63, 3.8) is 0 Å². The first-order valence-corrected chi connectivity index (χ1v) is 3.13. The maximum absolute atomic E-state index is 8.99.